The highest BCUT2D eigenvalue weighted by molar-refractivity contribution is 7.90. The molecule has 1 aromatic rings. The van der Waals surface area contributed by atoms with Crippen LogP contribution in [0.5, 0.6) is 11.5 Å². The van der Waals surface area contributed by atoms with Crippen LogP contribution in [0.1, 0.15) is 37.7 Å². The Morgan fingerprint density at radius 3 is 2.12 bits per heavy atom. The number of methoxy groups -OCH3 is 2. The van der Waals surface area contributed by atoms with Crippen molar-refractivity contribution in [1.82, 2.24) is 0 Å². The number of hydrogen-bond donors (Lipinski definition) is 1. The van der Waals surface area contributed by atoms with E-state index in [1.807, 2.05) is 0 Å². The molecule has 0 saturated heterocycles. The molecule has 1 aromatic carbocycles. The molecule has 0 heterocycles. The average molecular weight is 360 g/mol. The quantitative estimate of drug-likeness (QED) is 0.868. The van der Waals surface area contributed by atoms with E-state index in [1.165, 1.54) is 14.2 Å². The third kappa shape index (κ3) is 2.94. The lowest BCUT2D eigenvalue weighted by Gasteiger charge is -2.35. The van der Waals surface area contributed by atoms with Gasteiger partial charge in [-0.2, -0.15) is 0 Å². The predicted octanol–water partition coefficient (Wildman–Crippen LogP) is 2.53. The molecule has 0 spiro atoms. The Kier molecular flexibility index (Phi) is 5.08. The first kappa shape index (κ1) is 18.5. The molecule has 134 valence electrons. The molecule has 0 unspecified atom stereocenters. The Morgan fingerprint density at radius 2 is 1.71 bits per heavy atom. The van der Waals surface area contributed by atoms with Gasteiger partial charge in [0.05, 0.1) is 19.6 Å². The lowest BCUT2D eigenvalue weighted by atomic mass is 9.69. The number of halogens is 1. The van der Waals surface area contributed by atoms with Crippen LogP contribution < -0.4 is 9.47 Å². The SMILES string of the molecule is COc1c(C2(C(=O)O)CCCCC2)cc(F)c(S(C)(=O)=O)c1OC. The summed E-state index contributed by atoms with van der Waals surface area (Å²) in [7, 11) is -1.44. The Labute approximate surface area is 140 Å². The van der Waals surface area contributed by atoms with Crippen molar-refractivity contribution >= 4 is 15.8 Å². The highest BCUT2D eigenvalue weighted by atomic mass is 32.2. The van der Waals surface area contributed by atoms with E-state index in [2.05, 4.69) is 0 Å². The van der Waals surface area contributed by atoms with Gasteiger partial charge in [0.2, 0.25) is 0 Å². The maximum atomic E-state index is 14.6. The summed E-state index contributed by atoms with van der Waals surface area (Å²) in [5, 5.41) is 9.81. The second-order valence-corrected chi connectivity index (χ2v) is 7.97. The van der Waals surface area contributed by atoms with Gasteiger partial charge in [-0.3, -0.25) is 4.79 Å². The second kappa shape index (κ2) is 6.58. The lowest BCUT2D eigenvalue weighted by Crippen LogP contribution is -2.38. The molecular weight excluding hydrogens is 339 g/mol. The van der Waals surface area contributed by atoms with Crippen LogP contribution in [0.3, 0.4) is 0 Å². The molecule has 0 bridgehead atoms. The summed E-state index contributed by atoms with van der Waals surface area (Å²) < 4.78 is 48.8. The Morgan fingerprint density at radius 1 is 1.17 bits per heavy atom. The lowest BCUT2D eigenvalue weighted by molar-refractivity contribution is -0.145. The highest BCUT2D eigenvalue weighted by Crippen LogP contribution is 2.49. The van der Waals surface area contributed by atoms with Crippen LogP contribution in [0.25, 0.3) is 0 Å². The standard InChI is InChI=1S/C16H21FO6S/c1-22-12-10(16(15(18)19)7-5-4-6-8-16)9-11(17)14(13(12)23-2)24(3,20)21/h9H,4-8H2,1-3H3,(H,18,19). The fourth-order valence-electron chi connectivity index (χ4n) is 3.43. The molecular formula is C16H21FO6S. The van der Waals surface area contributed by atoms with Crippen LogP contribution in [-0.2, 0) is 20.0 Å². The average Bonchev–Trinajstić information content (AvgIpc) is 2.52. The van der Waals surface area contributed by atoms with Crippen LogP contribution >= 0.6 is 0 Å². The highest BCUT2D eigenvalue weighted by Gasteiger charge is 2.45. The van der Waals surface area contributed by atoms with Gasteiger partial charge in [0.1, 0.15) is 10.7 Å². The van der Waals surface area contributed by atoms with E-state index >= 15 is 0 Å². The third-order valence-electron chi connectivity index (χ3n) is 4.56. The van der Waals surface area contributed by atoms with Gasteiger partial charge in [0.25, 0.3) is 0 Å². The summed E-state index contributed by atoms with van der Waals surface area (Å²) >= 11 is 0. The van der Waals surface area contributed by atoms with Crippen molar-refractivity contribution in [3.05, 3.63) is 17.4 Å². The van der Waals surface area contributed by atoms with E-state index in [9.17, 15) is 22.7 Å². The summed E-state index contributed by atoms with van der Waals surface area (Å²) in [5.41, 5.74) is -1.19. The number of hydrogen-bond acceptors (Lipinski definition) is 5. The fraction of sp³-hybridized carbons (Fsp3) is 0.562. The smallest absolute Gasteiger partial charge is 0.314 e. The Bertz CT molecular complexity index is 750. The first-order chi connectivity index (χ1) is 11.2. The summed E-state index contributed by atoms with van der Waals surface area (Å²) in [4.78, 5) is 11.4. The van der Waals surface area contributed by atoms with E-state index in [-0.39, 0.29) is 17.1 Å². The number of carboxylic acid groups (broad SMARTS) is 1. The largest absolute Gasteiger partial charge is 0.492 e. The minimum Gasteiger partial charge on any atom is -0.492 e. The van der Waals surface area contributed by atoms with E-state index in [0.717, 1.165) is 18.7 Å². The zero-order chi connectivity index (χ0) is 18.1. The molecule has 0 aromatic heterocycles. The number of ether oxygens (including phenoxy) is 2. The minimum atomic E-state index is -3.92. The fourth-order valence-corrected chi connectivity index (χ4v) is 4.36. The van der Waals surface area contributed by atoms with Gasteiger partial charge < -0.3 is 14.6 Å². The molecule has 0 aliphatic heterocycles. The van der Waals surface area contributed by atoms with E-state index in [4.69, 9.17) is 9.47 Å². The van der Waals surface area contributed by atoms with E-state index < -0.39 is 31.9 Å². The molecule has 8 heteroatoms. The monoisotopic (exact) mass is 360 g/mol. The van der Waals surface area contributed by atoms with Gasteiger partial charge >= 0.3 is 5.97 Å². The van der Waals surface area contributed by atoms with Gasteiger partial charge in [0.15, 0.2) is 21.3 Å². The summed E-state index contributed by atoms with van der Waals surface area (Å²) in [6, 6.07) is 0.969. The Hall–Kier alpha value is -1.83. The topological polar surface area (TPSA) is 89.9 Å². The number of carbonyl (C=O) groups is 1. The number of aliphatic carboxylic acids is 1. The zero-order valence-electron chi connectivity index (χ0n) is 13.9. The molecule has 1 aliphatic carbocycles. The molecule has 2 rings (SSSR count). The second-order valence-electron chi connectivity index (χ2n) is 6.02. The maximum Gasteiger partial charge on any atom is 0.314 e. The molecule has 1 fully saturated rings. The van der Waals surface area contributed by atoms with Crippen molar-refractivity contribution < 1.29 is 32.2 Å². The van der Waals surface area contributed by atoms with Gasteiger partial charge in [-0.25, -0.2) is 12.8 Å². The van der Waals surface area contributed by atoms with Gasteiger partial charge in [-0.1, -0.05) is 19.3 Å². The zero-order valence-corrected chi connectivity index (χ0v) is 14.7. The molecule has 6 nitrogen and oxygen atoms in total. The summed E-state index contributed by atoms with van der Waals surface area (Å²) in [5.74, 6) is -2.43. The molecule has 1 N–H and O–H groups in total. The summed E-state index contributed by atoms with van der Waals surface area (Å²) in [6.07, 6.45) is 3.80. The van der Waals surface area contributed by atoms with Crippen molar-refractivity contribution in [3.8, 4) is 11.5 Å². The molecule has 0 amide bonds. The first-order valence-electron chi connectivity index (χ1n) is 7.57. The molecule has 0 radical (unpaired) electrons. The number of carboxylic acids is 1. The number of sulfone groups is 1. The van der Waals surface area contributed by atoms with Crippen molar-refractivity contribution in [2.24, 2.45) is 0 Å². The van der Waals surface area contributed by atoms with Crippen molar-refractivity contribution in [3.63, 3.8) is 0 Å². The third-order valence-corrected chi connectivity index (χ3v) is 5.68. The van der Waals surface area contributed by atoms with E-state index in [0.29, 0.717) is 25.7 Å². The van der Waals surface area contributed by atoms with Gasteiger partial charge in [-0.15, -0.1) is 0 Å². The van der Waals surface area contributed by atoms with Crippen LogP contribution in [0.15, 0.2) is 11.0 Å². The normalized spacial score (nSPS) is 17.3. The van der Waals surface area contributed by atoms with Gasteiger partial charge in [-0.05, 0) is 18.9 Å². The van der Waals surface area contributed by atoms with Crippen molar-refractivity contribution in [2.45, 2.75) is 42.4 Å². The molecule has 1 aliphatic rings. The Balaban J connectivity index is 2.85. The van der Waals surface area contributed by atoms with Crippen LogP contribution in [0.4, 0.5) is 4.39 Å². The molecule has 1 saturated carbocycles. The van der Waals surface area contributed by atoms with Crippen molar-refractivity contribution in [1.29, 1.82) is 0 Å². The molecule has 24 heavy (non-hydrogen) atoms. The minimum absolute atomic E-state index is 0.0383. The van der Waals surface area contributed by atoms with Crippen LogP contribution in [0, 0.1) is 5.82 Å². The van der Waals surface area contributed by atoms with Crippen LogP contribution in [-0.4, -0.2) is 40.0 Å². The first-order valence-corrected chi connectivity index (χ1v) is 9.46. The van der Waals surface area contributed by atoms with Crippen LogP contribution in [0.2, 0.25) is 0 Å². The van der Waals surface area contributed by atoms with Gasteiger partial charge in [0, 0.05) is 11.8 Å². The maximum absolute atomic E-state index is 14.6. The van der Waals surface area contributed by atoms with E-state index in [1.54, 1.807) is 0 Å². The van der Waals surface area contributed by atoms with Crippen molar-refractivity contribution in [2.75, 3.05) is 20.5 Å². The predicted molar refractivity (Wildman–Crippen MR) is 85.0 cm³/mol. The summed E-state index contributed by atoms with van der Waals surface area (Å²) in [6.45, 7) is 0. The number of rotatable bonds is 5. The number of benzene rings is 1. The molecule has 0 atom stereocenters.